The molecule has 1 fully saturated rings. The van der Waals surface area contributed by atoms with Crippen LogP contribution in [-0.4, -0.2) is 54.0 Å². The molecule has 1 unspecified atom stereocenters. The number of amides is 1. The zero-order valence-corrected chi connectivity index (χ0v) is 17.0. The molecule has 1 atom stereocenters. The van der Waals surface area contributed by atoms with Gasteiger partial charge in [-0.2, -0.15) is 0 Å². The van der Waals surface area contributed by atoms with Crippen LogP contribution in [0.2, 0.25) is 0 Å². The first-order valence-corrected chi connectivity index (χ1v) is 10.0. The van der Waals surface area contributed by atoms with Gasteiger partial charge in [0.2, 0.25) is 5.88 Å². The fourth-order valence-corrected chi connectivity index (χ4v) is 3.54. The monoisotopic (exact) mass is 403 g/mol. The number of pyridine rings is 1. The zero-order valence-electron chi connectivity index (χ0n) is 17.0. The van der Waals surface area contributed by atoms with E-state index in [0.717, 1.165) is 18.7 Å². The van der Waals surface area contributed by atoms with E-state index in [1.807, 2.05) is 35.2 Å². The third kappa shape index (κ3) is 4.96. The number of ether oxygens (including phenoxy) is 2. The summed E-state index contributed by atoms with van der Waals surface area (Å²) in [6, 6.07) is 22.9. The Labute approximate surface area is 176 Å². The largest absolute Gasteiger partial charge is 0.484 e. The van der Waals surface area contributed by atoms with Gasteiger partial charge in [0, 0.05) is 31.9 Å². The van der Waals surface area contributed by atoms with Crippen molar-refractivity contribution >= 4 is 5.91 Å². The van der Waals surface area contributed by atoms with Gasteiger partial charge in [-0.05, 0) is 42.9 Å². The molecule has 0 saturated carbocycles. The van der Waals surface area contributed by atoms with Gasteiger partial charge in [-0.25, -0.2) is 4.98 Å². The lowest BCUT2D eigenvalue weighted by atomic mass is 10.0. The quantitative estimate of drug-likeness (QED) is 0.627. The second-order valence-corrected chi connectivity index (χ2v) is 7.31. The Bertz CT molecular complexity index is 948. The number of carbonyl (C=O) groups excluding carboxylic acids is 1. The lowest BCUT2D eigenvalue weighted by Crippen LogP contribution is -2.50. The van der Waals surface area contributed by atoms with Crippen molar-refractivity contribution in [1.82, 2.24) is 14.8 Å². The van der Waals surface area contributed by atoms with Gasteiger partial charge in [-0.1, -0.05) is 36.4 Å². The highest BCUT2D eigenvalue weighted by molar-refractivity contribution is 5.78. The molecule has 6 nitrogen and oxygen atoms in total. The summed E-state index contributed by atoms with van der Waals surface area (Å²) < 4.78 is 11.4. The summed E-state index contributed by atoms with van der Waals surface area (Å²) >= 11 is 0. The van der Waals surface area contributed by atoms with Crippen LogP contribution in [0.3, 0.4) is 0 Å². The first-order chi connectivity index (χ1) is 14.7. The molecule has 154 valence electrons. The first kappa shape index (κ1) is 19.9. The third-order valence-electron chi connectivity index (χ3n) is 5.13. The number of carbonyl (C=O) groups is 1. The molecule has 2 heterocycles. The first-order valence-electron chi connectivity index (χ1n) is 10.0. The molecule has 30 heavy (non-hydrogen) atoms. The Hall–Kier alpha value is -3.38. The minimum Gasteiger partial charge on any atom is -0.484 e. The maximum Gasteiger partial charge on any atom is 0.261 e. The average Bonchev–Trinajstić information content (AvgIpc) is 2.79. The van der Waals surface area contributed by atoms with Crippen LogP contribution >= 0.6 is 0 Å². The molecule has 1 aliphatic heterocycles. The summed E-state index contributed by atoms with van der Waals surface area (Å²) in [6.07, 6.45) is 1.68. The van der Waals surface area contributed by atoms with Crippen LogP contribution in [0.25, 0.3) is 0 Å². The molecular weight excluding hydrogens is 378 g/mol. The minimum atomic E-state index is -0.00855. The van der Waals surface area contributed by atoms with Gasteiger partial charge in [-0.3, -0.25) is 4.79 Å². The van der Waals surface area contributed by atoms with Crippen molar-refractivity contribution in [3.05, 3.63) is 84.6 Å². The summed E-state index contributed by atoms with van der Waals surface area (Å²) in [5.74, 6) is 1.81. The molecule has 0 bridgehead atoms. The molecule has 1 amide bonds. The van der Waals surface area contributed by atoms with Crippen LogP contribution in [0.4, 0.5) is 0 Å². The van der Waals surface area contributed by atoms with Gasteiger partial charge < -0.3 is 19.3 Å². The molecule has 0 N–H and O–H groups in total. The van der Waals surface area contributed by atoms with Crippen LogP contribution in [-0.2, 0) is 4.79 Å². The Balaban J connectivity index is 1.36. The summed E-state index contributed by atoms with van der Waals surface area (Å²) in [6.45, 7) is 2.37. The molecule has 0 radical (unpaired) electrons. The van der Waals surface area contributed by atoms with Crippen molar-refractivity contribution in [2.75, 3.05) is 33.3 Å². The number of rotatable bonds is 6. The standard InChI is InChI=1S/C24H25N3O3/c1-26-15-16-27(22(17-26)19-7-3-2-4-8-19)24(28)18-29-20-10-12-21(13-11-20)30-23-9-5-6-14-25-23/h2-14,22H,15-18H2,1H3. The van der Waals surface area contributed by atoms with Crippen LogP contribution in [0.5, 0.6) is 17.4 Å². The molecule has 0 spiro atoms. The number of hydrogen-bond acceptors (Lipinski definition) is 5. The van der Waals surface area contributed by atoms with Crippen LogP contribution in [0, 0.1) is 0 Å². The molecule has 1 aliphatic rings. The SMILES string of the molecule is CN1CCN(C(=O)COc2ccc(Oc3ccccn3)cc2)C(c2ccccc2)C1. The van der Waals surface area contributed by atoms with Crippen LogP contribution in [0.15, 0.2) is 79.0 Å². The van der Waals surface area contributed by atoms with Crippen molar-refractivity contribution < 1.29 is 14.3 Å². The lowest BCUT2D eigenvalue weighted by molar-refractivity contribution is -0.138. The van der Waals surface area contributed by atoms with E-state index < -0.39 is 0 Å². The highest BCUT2D eigenvalue weighted by Crippen LogP contribution is 2.26. The summed E-state index contributed by atoms with van der Waals surface area (Å²) in [7, 11) is 2.09. The van der Waals surface area contributed by atoms with Crippen LogP contribution < -0.4 is 9.47 Å². The van der Waals surface area contributed by atoms with Gasteiger partial charge in [0.15, 0.2) is 6.61 Å². The average molecular weight is 403 g/mol. The van der Waals surface area contributed by atoms with Gasteiger partial charge in [0.25, 0.3) is 5.91 Å². The van der Waals surface area contributed by atoms with E-state index >= 15 is 0 Å². The highest BCUT2D eigenvalue weighted by Gasteiger charge is 2.30. The summed E-state index contributed by atoms with van der Waals surface area (Å²) in [5, 5.41) is 0. The van der Waals surface area contributed by atoms with Crippen molar-refractivity contribution in [3.63, 3.8) is 0 Å². The van der Waals surface area contributed by atoms with E-state index in [1.165, 1.54) is 0 Å². The molecule has 1 saturated heterocycles. The number of nitrogens with zero attached hydrogens (tertiary/aromatic N) is 3. The predicted molar refractivity (Wildman–Crippen MR) is 115 cm³/mol. The topological polar surface area (TPSA) is 54.9 Å². The highest BCUT2D eigenvalue weighted by atomic mass is 16.5. The molecule has 1 aromatic heterocycles. The van der Waals surface area contributed by atoms with E-state index in [-0.39, 0.29) is 18.6 Å². The summed E-state index contributed by atoms with van der Waals surface area (Å²) in [4.78, 5) is 21.2. The Morgan fingerprint density at radius 3 is 2.43 bits per heavy atom. The second-order valence-electron chi connectivity index (χ2n) is 7.31. The van der Waals surface area contributed by atoms with Gasteiger partial charge in [0.05, 0.1) is 6.04 Å². The molecular formula is C24H25N3O3. The van der Waals surface area contributed by atoms with Gasteiger partial charge >= 0.3 is 0 Å². The molecule has 6 heteroatoms. The number of aromatic nitrogens is 1. The number of piperazine rings is 1. The van der Waals surface area contributed by atoms with Gasteiger partial charge in [0.1, 0.15) is 11.5 Å². The molecule has 3 aromatic rings. The number of hydrogen-bond donors (Lipinski definition) is 0. The fraction of sp³-hybridized carbons (Fsp3) is 0.250. The van der Waals surface area contributed by atoms with E-state index in [2.05, 4.69) is 29.1 Å². The Morgan fingerprint density at radius 2 is 1.70 bits per heavy atom. The number of benzene rings is 2. The lowest BCUT2D eigenvalue weighted by Gasteiger charge is -2.40. The number of likely N-dealkylation sites (N-methyl/N-ethyl adjacent to an activating group) is 1. The fourth-order valence-electron chi connectivity index (χ4n) is 3.54. The van der Waals surface area contributed by atoms with E-state index in [0.29, 0.717) is 23.9 Å². The minimum absolute atomic E-state index is 0.00743. The Morgan fingerprint density at radius 1 is 0.967 bits per heavy atom. The van der Waals surface area contributed by atoms with Crippen LogP contribution in [0.1, 0.15) is 11.6 Å². The van der Waals surface area contributed by atoms with E-state index in [1.54, 1.807) is 36.5 Å². The Kier molecular flexibility index (Phi) is 6.25. The van der Waals surface area contributed by atoms with Crippen molar-refractivity contribution in [2.24, 2.45) is 0 Å². The second kappa shape index (κ2) is 9.41. The van der Waals surface area contributed by atoms with Crippen molar-refractivity contribution in [3.8, 4) is 17.4 Å². The third-order valence-corrected chi connectivity index (χ3v) is 5.13. The van der Waals surface area contributed by atoms with E-state index in [4.69, 9.17) is 9.47 Å². The molecule has 2 aromatic carbocycles. The normalized spacial score (nSPS) is 16.8. The maximum atomic E-state index is 12.9. The smallest absolute Gasteiger partial charge is 0.261 e. The van der Waals surface area contributed by atoms with Gasteiger partial charge in [-0.15, -0.1) is 0 Å². The molecule has 0 aliphatic carbocycles. The molecule has 4 rings (SSSR count). The van der Waals surface area contributed by atoms with Crippen molar-refractivity contribution in [2.45, 2.75) is 6.04 Å². The maximum absolute atomic E-state index is 12.9. The summed E-state index contributed by atoms with van der Waals surface area (Å²) in [5.41, 5.74) is 1.15. The van der Waals surface area contributed by atoms with E-state index in [9.17, 15) is 4.79 Å². The van der Waals surface area contributed by atoms with Crippen molar-refractivity contribution in [1.29, 1.82) is 0 Å². The zero-order chi connectivity index (χ0) is 20.8. The predicted octanol–water partition coefficient (Wildman–Crippen LogP) is 3.77.